The van der Waals surface area contributed by atoms with Crippen molar-refractivity contribution in [3.05, 3.63) is 62.3 Å². The fourth-order valence-electron chi connectivity index (χ4n) is 16.2. The van der Waals surface area contributed by atoms with Crippen molar-refractivity contribution in [3.8, 4) is 0 Å². The predicted octanol–water partition coefficient (Wildman–Crippen LogP) is 12.3. The van der Waals surface area contributed by atoms with Gasteiger partial charge in [0, 0.05) is 59.7 Å². The van der Waals surface area contributed by atoms with Gasteiger partial charge in [-0.2, -0.15) is 0 Å². The Morgan fingerprint density at radius 1 is 0.444 bits per heavy atom. The maximum atomic E-state index is 11.9. The minimum Gasteiger partial charge on any atom is -0.456 e. The molecule has 3 aliphatic carbocycles. The molecule has 15 nitrogen and oxygen atoms in total. The first-order chi connectivity index (χ1) is 38.5. The Labute approximate surface area is 483 Å². The lowest BCUT2D eigenvalue weighted by molar-refractivity contribution is -0.168. The molecule has 9 saturated heterocycles. The van der Waals surface area contributed by atoms with Crippen LogP contribution < -0.4 is 0 Å². The molecule has 8 bridgehead atoms. The number of fused-ring (bicyclic) bond motifs is 8. The van der Waals surface area contributed by atoms with E-state index in [0.717, 1.165) is 161 Å². The Bertz CT molecular complexity index is 2270. The quantitative estimate of drug-likeness (QED) is 0.0858. The Balaban J connectivity index is 0.000000133. The van der Waals surface area contributed by atoms with Crippen LogP contribution in [0.2, 0.25) is 0 Å². The van der Waals surface area contributed by atoms with E-state index < -0.39 is 11.2 Å². The zero-order chi connectivity index (χ0) is 58.3. The van der Waals surface area contributed by atoms with Crippen molar-refractivity contribution in [3.63, 3.8) is 0 Å². The summed E-state index contributed by atoms with van der Waals surface area (Å²) < 4.78 is 57.2. The van der Waals surface area contributed by atoms with Gasteiger partial charge < -0.3 is 47.4 Å². The van der Waals surface area contributed by atoms with Gasteiger partial charge in [0.2, 0.25) is 0 Å². The molecule has 0 radical (unpaired) electrons. The molecule has 0 amide bonds. The van der Waals surface area contributed by atoms with Crippen LogP contribution in [0.4, 0.5) is 0 Å². The number of hydrogen-bond acceptors (Lipinski definition) is 15. The minimum atomic E-state index is -0.449. The second kappa shape index (κ2) is 26.8. The third-order valence-corrected chi connectivity index (χ3v) is 20.2. The molecule has 0 aromatic carbocycles. The van der Waals surface area contributed by atoms with E-state index in [1.54, 1.807) is 13.8 Å². The summed E-state index contributed by atoms with van der Waals surface area (Å²) in [6.07, 6.45) is 35.0. The molecule has 0 N–H and O–H groups in total. The minimum absolute atomic E-state index is 0.115. The van der Waals surface area contributed by atoms with Crippen LogP contribution in [0, 0.1) is 23.7 Å². The lowest BCUT2D eigenvalue weighted by atomic mass is 9.75. The van der Waals surface area contributed by atoms with Crippen LogP contribution in [0.5, 0.6) is 0 Å². The van der Waals surface area contributed by atoms with E-state index in [1.165, 1.54) is 31.1 Å². The average Bonchev–Trinajstić information content (AvgIpc) is 4.37. The first-order valence-electron chi connectivity index (χ1n) is 31.1. The van der Waals surface area contributed by atoms with E-state index in [2.05, 4.69) is 32.9 Å². The van der Waals surface area contributed by atoms with Gasteiger partial charge in [0.25, 0.3) is 0 Å². The van der Waals surface area contributed by atoms with Gasteiger partial charge in [-0.05, 0) is 208 Å². The third kappa shape index (κ3) is 14.9. The average molecular weight is 1130 g/mol. The van der Waals surface area contributed by atoms with Crippen LogP contribution in [0.25, 0.3) is 0 Å². The molecule has 12 rings (SSSR count). The summed E-state index contributed by atoms with van der Waals surface area (Å²) >= 11 is 0. The summed E-state index contributed by atoms with van der Waals surface area (Å²) in [6, 6.07) is 0. The van der Waals surface area contributed by atoms with Crippen molar-refractivity contribution in [2.45, 2.75) is 291 Å². The van der Waals surface area contributed by atoms with Gasteiger partial charge in [0.05, 0.1) is 54.9 Å². The van der Waals surface area contributed by atoms with E-state index in [1.807, 2.05) is 27.7 Å². The van der Waals surface area contributed by atoms with Crippen molar-refractivity contribution in [2.24, 2.45) is 23.7 Å². The largest absolute Gasteiger partial charge is 0.456 e. The van der Waals surface area contributed by atoms with Gasteiger partial charge in [0.15, 0.2) is 0 Å². The molecule has 0 spiro atoms. The lowest BCUT2D eigenvalue weighted by Crippen LogP contribution is -2.44. The van der Waals surface area contributed by atoms with Crippen LogP contribution in [-0.2, 0) is 71.3 Å². The second-order valence-corrected chi connectivity index (χ2v) is 26.6. The Morgan fingerprint density at radius 2 is 0.815 bits per heavy atom. The van der Waals surface area contributed by atoms with E-state index in [9.17, 15) is 24.0 Å². The molecule has 0 aromatic heterocycles. The molecule has 15 heteroatoms. The number of ether oxygens (including phenoxy) is 10. The number of hydrogen-bond donors (Lipinski definition) is 0. The highest BCUT2D eigenvalue weighted by atomic mass is 16.6. The third-order valence-electron chi connectivity index (χ3n) is 20.2. The Hall–Kier alpha value is -4.15. The standard InChI is InChI=1S/C15H22O3.C14H20O3.C13H20O3.2C12H18O3/c1-10(2)14(16)18-15(7-3-4-8-15)12-9-11-5-6-13(12)17-11;1-2-13(15)17-14(7-3-4-8-14)11-9-10-5-6-12(11)16-10;1-8(2)12(14)16-13(3,4)10-7-9-5-6-11(10)15-9;1-4-11(13)15-12(2,3)9-7-8-5-6-10(9)14-8;1-2-11(13)15-12(7-3-4-8-12)10-6-5-9-14-10/h11-13H,1,3-9H2,2H3;2,10-12H,1,3-9H2;9-11H,1,5-7H2,2-4H3;4,8-10H,1,5-7H2,2-3H3;2,10H,1,3-9H2. The van der Waals surface area contributed by atoms with Crippen molar-refractivity contribution in [2.75, 3.05) is 6.61 Å². The van der Waals surface area contributed by atoms with Crippen molar-refractivity contribution in [1.82, 2.24) is 0 Å². The van der Waals surface area contributed by atoms with E-state index in [-0.39, 0.29) is 65.0 Å². The van der Waals surface area contributed by atoms with Gasteiger partial charge in [-0.3, -0.25) is 0 Å². The number of carbonyl (C=O) groups excluding carboxylic acids is 5. The van der Waals surface area contributed by atoms with E-state index in [0.29, 0.717) is 71.4 Å². The summed E-state index contributed by atoms with van der Waals surface area (Å²) in [5, 5.41) is 0. The lowest BCUT2D eigenvalue weighted by Gasteiger charge is -2.38. The van der Waals surface area contributed by atoms with Gasteiger partial charge in [-0.1, -0.05) is 32.9 Å². The summed E-state index contributed by atoms with van der Waals surface area (Å²) in [5.74, 6) is 0.0571. The number of carbonyl (C=O) groups is 5. The van der Waals surface area contributed by atoms with Crippen molar-refractivity contribution < 1.29 is 71.3 Å². The fraction of sp³-hybridized carbons (Fsp3) is 0.773. The summed E-state index contributed by atoms with van der Waals surface area (Å²) in [7, 11) is 0. The molecule has 0 aromatic rings. The first kappa shape index (κ1) is 62.9. The predicted molar refractivity (Wildman–Crippen MR) is 305 cm³/mol. The summed E-state index contributed by atoms with van der Waals surface area (Å²) in [6.45, 7) is 29.7. The molecular weight excluding hydrogens is 1030 g/mol. The number of rotatable bonds is 15. The fourth-order valence-corrected chi connectivity index (χ4v) is 16.2. The molecule has 13 atom stereocenters. The van der Waals surface area contributed by atoms with Crippen LogP contribution in [0.3, 0.4) is 0 Å². The SMILES string of the molecule is C=C(C)C(=O)OC(C)(C)C1CC2CCC1O2.C=C(C)C(=O)OC1(C2CC3CCC2O3)CCCC1.C=CC(=O)OC(C)(C)C1CC2CCC1O2.C=CC(=O)OC1(C2CC3CCC2O3)CCCC1.C=CC(=O)OC1(C2CCCO2)CCCC1. The van der Waals surface area contributed by atoms with Crippen LogP contribution in [-0.4, -0.2) is 119 Å². The Morgan fingerprint density at radius 3 is 1.15 bits per heavy atom. The van der Waals surface area contributed by atoms with E-state index >= 15 is 0 Å². The van der Waals surface area contributed by atoms with Gasteiger partial charge in [-0.25, -0.2) is 24.0 Å². The molecule has 12 aliphatic rings. The monoisotopic (exact) mass is 1130 g/mol. The van der Waals surface area contributed by atoms with E-state index in [4.69, 9.17) is 47.4 Å². The molecule has 12 fully saturated rings. The molecule has 81 heavy (non-hydrogen) atoms. The molecule has 9 aliphatic heterocycles. The highest BCUT2D eigenvalue weighted by molar-refractivity contribution is 5.88. The topological polar surface area (TPSA) is 178 Å². The first-order valence-corrected chi connectivity index (χ1v) is 31.1. The molecule has 3 saturated carbocycles. The summed E-state index contributed by atoms with van der Waals surface area (Å²) in [4.78, 5) is 57.6. The highest BCUT2D eigenvalue weighted by Crippen LogP contribution is 2.53. The highest BCUT2D eigenvalue weighted by Gasteiger charge is 2.57. The molecule has 9 heterocycles. The van der Waals surface area contributed by atoms with Gasteiger partial charge >= 0.3 is 29.8 Å². The zero-order valence-electron chi connectivity index (χ0n) is 50.0. The van der Waals surface area contributed by atoms with Gasteiger partial charge in [-0.15, -0.1) is 0 Å². The van der Waals surface area contributed by atoms with Gasteiger partial charge in [0.1, 0.15) is 28.0 Å². The molecule has 452 valence electrons. The molecular formula is C66H98O15. The zero-order valence-corrected chi connectivity index (χ0v) is 50.0. The van der Waals surface area contributed by atoms with Crippen molar-refractivity contribution >= 4 is 29.8 Å². The summed E-state index contributed by atoms with van der Waals surface area (Å²) in [5.41, 5.74) is -0.772. The maximum absolute atomic E-state index is 11.9. The van der Waals surface area contributed by atoms with Crippen molar-refractivity contribution in [1.29, 1.82) is 0 Å². The smallest absolute Gasteiger partial charge is 0.333 e. The second-order valence-electron chi connectivity index (χ2n) is 26.6. The number of esters is 5. The maximum Gasteiger partial charge on any atom is 0.333 e. The van der Waals surface area contributed by atoms with Crippen LogP contribution in [0.1, 0.15) is 208 Å². The normalized spacial score (nSPS) is 34.4. The Kier molecular flexibility index (Phi) is 20.8. The molecule has 13 unspecified atom stereocenters. The van der Waals surface area contributed by atoms with Crippen LogP contribution in [0.15, 0.2) is 62.3 Å². The van der Waals surface area contributed by atoms with Crippen LogP contribution >= 0.6 is 0 Å².